The number of aromatic nitrogens is 3. The standard InChI is InChI=1S/C23H29N3O3S/c1-6-26-12-14(11-24-26)18-17(20(22(27)28)29-23(3,4)5)13(2)25-21-19(18)15-9-7-8-10-16(15)30-21/h11-12,20H,6-10H2,1-5H3,(H,27,28). The van der Waals surface area contributed by atoms with Crippen molar-refractivity contribution in [3.05, 3.63) is 34.1 Å². The number of rotatable bonds is 5. The number of hydrogen-bond acceptors (Lipinski definition) is 5. The molecule has 1 aliphatic rings. The predicted octanol–water partition coefficient (Wildman–Crippen LogP) is 5.31. The first-order valence-electron chi connectivity index (χ1n) is 10.6. The third-order valence-electron chi connectivity index (χ3n) is 5.53. The molecule has 0 saturated heterocycles. The minimum absolute atomic E-state index is 0.608. The van der Waals surface area contributed by atoms with Crippen LogP contribution in [0.25, 0.3) is 21.3 Å². The second-order valence-electron chi connectivity index (χ2n) is 8.91. The van der Waals surface area contributed by atoms with Gasteiger partial charge in [0.2, 0.25) is 0 Å². The van der Waals surface area contributed by atoms with Gasteiger partial charge in [0.1, 0.15) is 4.83 Å². The lowest BCUT2D eigenvalue weighted by Gasteiger charge is -2.27. The van der Waals surface area contributed by atoms with Gasteiger partial charge in [-0.15, -0.1) is 11.3 Å². The summed E-state index contributed by atoms with van der Waals surface area (Å²) in [7, 11) is 0. The molecule has 1 atom stereocenters. The molecule has 4 rings (SSSR count). The van der Waals surface area contributed by atoms with Crippen LogP contribution in [0.3, 0.4) is 0 Å². The van der Waals surface area contributed by atoms with E-state index in [2.05, 4.69) is 5.10 Å². The molecule has 3 heterocycles. The first-order chi connectivity index (χ1) is 14.2. The van der Waals surface area contributed by atoms with Crippen molar-refractivity contribution >= 4 is 27.5 Å². The fourth-order valence-corrected chi connectivity index (χ4v) is 5.61. The van der Waals surface area contributed by atoms with Gasteiger partial charge in [0, 0.05) is 45.4 Å². The molecule has 0 aliphatic heterocycles. The molecular weight excluding hydrogens is 398 g/mol. The van der Waals surface area contributed by atoms with Crippen molar-refractivity contribution in [2.45, 2.75) is 78.6 Å². The van der Waals surface area contributed by atoms with Crippen molar-refractivity contribution in [1.82, 2.24) is 14.8 Å². The summed E-state index contributed by atoms with van der Waals surface area (Å²) in [5, 5.41) is 15.7. The molecule has 3 aromatic rings. The Morgan fingerprint density at radius 1 is 1.33 bits per heavy atom. The smallest absolute Gasteiger partial charge is 0.337 e. The molecule has 0 saturated carbocycles. The largest absolute Gasteiger partial charge is 0.479 e. The maximum Gasteiger partial charge on any atom is 0.337 e. The van der Waals surface area contributed by atoms with Crippen LogP contribution in [0.1, 0.15) is 68.3 Å². The number of carbonyl (C=O) groups is 1. The Labute approximate surface area is 180 Å². The lowest BCUT2D eigenvalue weighted by atomic mass is 9.89. The van der Waals surface area contributed by atoms with E-state index >= 15 is 0 Å². The summed E-state index contributed by atoms with van der Waals surface area (Å²) >= 11 is 1.75. The van der Waals surface area contributed by atoms with Crippen LogP contribution < -0.4 is 0 Å². The fourth-order valence-electron chi connectivity index (χ4n) is 4.29. The van der Waals surface area contributed by atoms with E-state index in [1.54, 1.807) is 11.3 Å². The Morgan fingerprint density at radius 2 is 2.07 bits per heavy atom. The molecule has 0 fully saturated rings. The molecule has 6 nitrogen and oxygen atoms in total. The Bertz CT molecular complexity index is 1110. The SMILES string of the molecule is CCn1cc(-c2c(C(OC(C)(C)C)C(=O)O)c(C)nc3sc4c(c23)CCCC4)cn1. The van der Waals surface area contributed by atoms with E-state index in [1.807, 2.05) is 51.7 Å². The lowest BCUT2D eigenvalue weighted by molar-refractivity contribution is -0.160. The van der Waals surface area contributed by atoms with Crippen LogP contribution in [0.15, 0.2) is 12.4 Å². The molecule has 1 aliphatic carbocycles. The number of nitrogens with zero attached hydrogens (tertiary/aromatic N) is 3. The zero-order valence-electron chi connectivity index (χ0n) is 18.3. The van der Waals surface area contributed by atoms with Crippen LogP contribution in [0, 0.1) is 6.92 Å². The topological polar surface area (TPSA) is 77.2 Å². The quantitative estimate of drug-likeness (QED) is 0.597. The number of carboxylic acids is 1. The number of pyridine rings is 1. The summed E-state index contributed by atoms with van der Waals surface area (Å²) in [6.07, 6.45) is 7.16. The van der Waals surface area contributed by atoms with E-state index in [0.717, 1.165) is 47.2 Å². The highest BCUT2D eigenvalue weighted by Gasteiger charge is 2.34. The average Bonchev–Trinajstić information content (AvgIpc) is 3.28. The number of thiophene rings is 1. The van der Waals surface area contributed by atoms with Gasteiger partial charge < -0.3 is 9.84 Å². The van der Waals surface area contributed by atoms with Crippen molar-refractivity contribution in [3.8, 4) is 11.1 Å². The number of carboxylic acid groups (broad SMARTS) is 1. The second-order valence-corrected chi connectivity index (χ2v) is 9.99. The maximum atomic E-state index is 12.4. The van der Waals surface area contributed by atoms with E-state index < -0.39 is 17.7 Å². The number of ether oxygens (including phenoxy) is 1. The predicted molar refractivity (Wildman–Crippen MR) is 119 cm³/mol. The molecule has 0 amide bonds. The summed E-state index contributed by atoms with van der Waals surface area (Å²) < 4.78 is 7.94. The van der Waals surface area contributed by atoms with Gasteiger partial charge in [0.15, 0.2) is 6.10 Å². The van der Waals surface area contributed by atoms with Crippen LogP contribution in [-0.2, 0) is 28.9 Å². The van der Waals surface area contributed by atoms with Gasteiger partial charge in [0.25, 0.3) is 0 Å². The highest BCUT2D eigenvalue weighted by molar-refractivity contribution is 7.19. The third kappa shape index (κ3) is 3.76. The molecule has 1 unspecified atom stereocenters. The summed E-state index contributed by atoms with van der Waals surface area (Å²) in [5.41, 5.74) is 3.92. The number of hydrogen-bond donors (Lipinski definition) is 1. The molecule has 0 bridgehead atoms. The van der Waals surface area contributed by atoms with Crippen LogP contribution in [-0.4, -0.2) is 31.4 Å². The highest BCUT2D eigenvalue weighted by Crippen LogP contribution is 2.45. The van der Waals surface area contributed by atoms with E-state index in [9.17, 15) is 9.90 Å². The van der Waals surface area contributed by atoms with Gasteiger partial charge in [-0.1, -0.05) is 0 Å². The van der Waals surface area contributed by atoms with Crippen LogP contribution in [0.4, 0.5) is 0 Å². The maximum absolute atomic E-state index is 12.4. The average molecular weight is 428 g/mol. The molecule has 30 heavy (non-hydrogen) atoms. The normalized spacial score (nSPS) is 15.4. The zero-order chi connectivity index (χ0) is 21.6. The Kier molecular flexibility index (Phi) is 5.45. The summed E-state index contributed by atoms with van der Waals surface area (Å²) in [6, 6.07) is 0. The van der Waals surface area contributed by atoms with Crippen LogP contribution in [0.5, 0.6) is 0 Å². The van der Waals surface area contributed by atoms with Crippen molar-refractivity contribution in [1.29, 1.82) is 0 Å². The van der Waals surface area contributed by atoms with Crippen LogP contribution >= 0.6 is 11.3 Å². The zero-order valence-corrected chi connectivity index (χ0v) is 19.1. The molecule has 7 heteroatoms. The Morgan fingerprint density at radius 3 is 2.70 bits per heavy atom. The summed E-state index contributed by atoms with van der Waals surface area (Å²) in [4.78, 5) is 19.6. The van der Waals surface area contributed by atoms with Gasteiger partial charge in [-0.05, 0) is 65.9 Å². The first-order valence-corrected chi connectivity index (χ1v) is 11.4. The van der Waals surface area contributed by atoms with E-state index in [-0.39, 0.29) is 0 Å². The monoisotopic (exact) mass is 427 g/mol. The van der Waals surface area contributed by atoms with Gasteiger partial charge in [-0.2, -0.15) is 5.10 Å². The third-order valence-corrected chi connectivity index (χ3v) is 6.72. The van der Waals surface area contributed by atoms with Crippen molar-refractivity contribution < 1.29 is 14.6 Å². The lowest BCUT2D eigenvalue weighted by Crippen LogP contribution is -2.28. The van der Waals surface area contributed by atoms with E-state index in [4.69, 9.17) is 9.72 Å². The van der Waals surface area contributed by atoms with E-state index in [0.29, 0.717) is 11.3 Å². The first kappa shape index (κ1) is 21.0. The molecule has 1 N–H and O–H groups in total. The minimum Gasteiger partial charge on any atom is -0.479 e. The molecule has 0 spiro atoms. The summed E-state index contributed by atoms with van der Waals surface area (Å²) in [5.74, 6) is -0.998. The van der Waals surface area contributed by atoms with Gasteiger partial charge in [-0.25, -0.2) is 9.78 Å². The minimum atomic E-state index is -1.10. The number of fused-ring (bicyclic) bond motifs is 3. The molecule has 3 aromatic heterocycles. The molecule has 160 valence electrons. The Balaban J connectivity index is 2.06. The highest BCUT2D eigenvalue weighted by atomic mass is 32.1. The van der Waals surface area contributed by atoms with Crippen molar-refractivity contribution in [2.24, 2.45) is 0 Å². The second kappa shape index (κ2) is 7.78. The van der Waals surface area contributed by atoms with Gasteiger partial charge in [-0.3, -0.25) is 4.68 Å². The van der Waals surface area contributed by atoms with Gasteiger partial charge in [0.05, 0.1) is 11.8 Å². The van der Waals surface area contributed by atoms with E-state index in [1.165, 1.54) is 16.9 Å². The van der Waals surface area contributed by atoms with Gasteiger partial charge >= 0.3 is 5.97 Å². The number of aliphatic carboxylic acids is 1. The summed E-state index contributed by atoms with van der Waals surface area (Å²) in [6.45, 7) is 10.3. The van der Waals surface area contributed by atoms with Crippen LogP contribution in [0.2, 0.25) is 0 Å². The number of aryl methyl sites for hydroxylation is 4. The Hall–Kier alpha value is -2.25. The fraction of sp³-hybridized carbons (Fsp3) is 0.522. The van der Waals surface area contributed by atoms with Crippen molar-refractivity contribution in [3.63, 3.8) is 0 Å². The molecule has 0 aromatic carbocycles. The molecule has 0 radical (unpaired) electrons. The molecular formula is C23H29N3O3S. The van der Waals surface area contributed by atoms with Crippen molar-refractivity contribution in [2.75, 3.05) is 0 Å².